The van der Waals surface area contributed by atoms with Crippen molar-refractivity contribution in [2.45, 2.75) is 63.7 Å². The van der Waals surface area contributed by atoms with Gasteiger partial charge in [-0.25, -0.2) is 14.8 Å². The first-order valence-corrected chi connectivity index (χ1v) is 21.4. The molecule has 314 valence electrons. The van der Waals surface area contributed by atoms with Crippen LogP contribution in [0.5, 0.6) is 0 Å². The number of imidazole rings is 2. The minimum Gasteiger partial charge on any atom is -0.465 e. The molecular formula is C48H52N8O5. The van der Waals surface area contributed by atoms with Crippen molar-refractivity contribution in [2.75, 3.05) is 39.4 Å². The molecule has 4 N–H and O–H groups in total. The fraction of sp³-hybridized carbons (Fsp3) is 0.354. The lowest BCUT2D eigenvalue weighted by molar-refractivity contribution is -0.140. The molecule has 0 saturated carbocycles. The predicted octanol–water partition coefficient (Wildman–Crippen LogP) is 7.98. The third kappa shape index (κ3) is 8.27. The molecule has 0 bridgehead atoms. The molecule has 0 spiro atoms. The van der Waals surface area contributed by atoms with Crippen molar-refractivity contribution in [1.29, 1.82) is 0 Å². The van der Waals surface area contributed by atoms with Crippen molar-refractivity contribution in [2.24, 2.45) is 5.92 Å². The Hall–Kier alpha value is -6.31. The lowest BCUT2D eigenvalue weighted by Gasteiger charge is -2.37. The Morgan fingerprint density at radius 1 is 0.689 bits per heavy atom. The van der Waals surface area contributed by atoms with Gasteiger partial charge in [-0.05, 0) is 76.8 Å². The number of nitrogens with zero attached hydrogens (tertiary/aromatic N) is 5. The average molecular weight is 821 g/mol. The zero-order valence-corrected chi connectivity index (χ0v) is 34.6. The molecular weight excluding hydrogens is 769 g/mol. The summed E-state index contributed by atoms with van der Waals surface area (Å²) in [6, 6.07) is 29.9. The Labute approximate surface area is 355 Å². The van der Waals surface area contributed by atoms with E-state index >= 15 is 0 Å². The first-order chi connectivity index (χ1) is 29.7. The molecule has 5 heterocycles. The lowest BCUT2D eigenvalue weighted by Crippen LogP contribution is -2.50. The Balaban J connectivity index is 0.876. The topological polar surface area (TPSA) is 160 Å². The number of aromatic amines is 2. The molecule has 3 aliphatic heterocycles. The number of rotatable bonds is 11. The van der Waals surface area contributed by atoms with Gasteiger partial charge in [-0.15, -0.1) is 0 Å². The summed E-state index contributed by atoms with van der Waals surface area (Å²) in [5.41, 5.74) is 7.02. The molecule has 0 radical (unpaired) electrons. The van der Waals surface area contributed by atoms with Crippen molar-refractivity contribution in [3.8, 4) is 33.6 Å². The van der Waals surface area contributed by atoms with Crippen LogP contribution in [0.2, 0.25) is 0 Å². The number of carbonyl (C=O) groups excluding carboxylic acids is 2. The van der Waals surface area contributed by atoms with Gasteiger partial charge in [-0.2, -0.15) is 0 Å². The van der Waals surface area contributed by atoms with Gasteiger partial charge in [-0.1, -0.05) is 92.7 Å². The van der Waals surface area contributed by atoms with E-state index in [0.717, 1.165) is 94.6 Å². The number of ether oxygens (including phenoxy) is 1. The van der Waals surface area contributed by atoms with Gasteiger partial charge in [0.2, 0.25) is 11.8 Å². The van der Waals surface area contributed by atoms with Crippen LogP contribution >= 0.6 is 0 Å². The highest BCUT2D eigenvalue weighted by atomic mass is 16.5. The second kappa shape index (κ2) is 17.3. The fourth-order valence-corrected chi connectivity index (χ4v) is 9.33. The fourth-order valence-electron chi connectivity index (χ4n) is 9.33. The molecule has 3 fully saturated rings. The molecule has 0 aliphatic carbocycles. The van der Waals surface area contributed by atoms with E-state index < -0.39 is 12.1 Å². The number of carbonyl (C=O) groups is 3. The molecule has 3 saturated heterocycles. The highest BCUT2D eigenvalue weighted by Crippen LogP contribution is 2.37. The van der Waals surface area contributed by atoms with Crippen LogP contribution in [0.15, 0.2) is 103 Å². The number of hydrogen-bond acceptors (Lipinski definition) is 7. The van der Waals surface area contributed by atoms with Crippen molar-refractivity contribution in [3.05, 3.63) is 121 Å². The zero-order valence-electron chi connectivity index (χ0n) is 34.6. The van der Waals surface area contributed by atoms with E-state index in [1.165, 1.54) is 0 Å². The summed E-state index contributed by atoms with van der Waals surface area (Å²) in [6.07, 6.45) is 5.86. The van der Waals surface area contributed by atoms with Gasteiger partial charge in [0.05, 0.1) is 49.1 Å². The van der Waals surface area contributed by atoms with Gasteiger partial charge >= 0.3 is 6.09 Å². The van der Waals surface area contributed by atoms with Crippen molar-refractivity contribution < 1.29 is 24.2 Å². The second-order valence-corrected chi connectivity index (χ2v) is 16.7. The normalized spacial score (nSPS) is 19.4. The SMILES string of the molecule is CC(C)[C@H](NC(=O)O)C(=O)N1CCC[C@H]1c1ncc(-c2ccc3cc(-c4ccc(-c5cnc([C@@H]6CCCN6C(=O)C(c6ccccc6)N6CCOCC6)[nH]5)cc4)ccc3c2)[nH]1. The van der Waals surface area contributed by atoms with E-state index in [9.17, 15) is 19.5 Å². The second-order valence-electron chi connectivity index (χ2n) is 16.7. The lowest BCUT2D eigenvalue weighted by atomic mass is 9.98. The third-order valence-electron chi connectivity index (χ3n) is 12.5. The largest absolute Gasteiger partial charge is 0.465 e. The van der Waals surface area contributed by atoms with E-state index in [0.29, 0.717) is 32.1 Å². The molecule has 13 heteroatoms. The van der Waals surface area contributed by atoms with Crippen molar-refractivity contribution in [1.82, 2.24) is 40.0 Å². The quantitative estimate of drug-likeness (QED) is 0.102. The molecule has 1 unspecified atom stereocenters. The Morgan fingerprint density at radius 2 is 1.23 bits per heavy atom. The number of hydrogen-bond donors (Lipinski definition) is 4. The average Bonchev–Trinajstić information content (AvgIpc) is 4.13. The number of morpholine rings is 1. The number of carboxylic acid groups (broad SMARTS) is 1. The summed E-state index contributed by atoms with van der Waals surface area (Å²) >= 11 is 0. The molecule has 4 aromatic carbocycles. The zero-order chi connectivity index (χ0) is 42.0. The Morgan fingerprint density at radius 3 is 1.84 bits per heavy atom. The molecule has 6 aromatic rings. The van der Waals surface area contributed by atoms with Crippen LogP contribution in [-0.2, 0) is 14.3 Å². The summed E-state index contributed by atoms with van der Waals surface area (Å²) < 4.78 is 5.63. The maximum absolute atomic E-state index is 14.3. The van der Waals surface area contributed by atoms with Crippen LogP contribution in [0, 0.1) is 5.92 Å². The summed E-state index contributed by atoms with van der Waals surface area (Å²) in [4.78, 5) is 61.8. The number of fused-ring (bicyclic) bond motifs is 1. The molecule has 3 amide bonds. The molecule has 4 atom stereocenters. The van der Waals surface area contributed by atoms with Crippen LogP contribution in [-0.4, -0.2) is 103 Å². The van der Waals surface area contributed by atoms with Crippen molar-refractivity contribution >= 4 is 28.7 Å². The van der Waals surface area contributed by atoms with Crippen LogP contribution in [0.1, 0.15) is 74.9 Å². The van der Waals surface area contributed by atoms with Gasteiger partial charge in [0, 0.05) is 31.7 Å². The smallest absolute Gasteiger partial charge is 0.405 e. The number of benzene rings is 4. The predicted molar refractivity (Wildman–Crippen MR) is 233 cm³/mol. The van der Waals surface area contributed by atoms with Gasteiger partial charge < -0.3 is 34.9 Å². The summed E-state index contributed by atoms with van der Waals surface area (Å²) in [7, 11) is 0. The van der Waals surface area contributed by atoms with Gasteiger partial charge in [0.1, 0.15) is 23.7 Å². The highest BCUT2D eigenvalue weighted by molar-refractivity contribution is 5.91. The van der Waals surface area contributed by atoms with E-state index in [1.54, 1.807) is 4.90 Å². The number of likely N-dealkylation sites (tertiary alicyclic amines) is 2. The molecule has 13 nitrogen and oxygen atoms in total. The van der Waals surface area contributed by atoms with E-state index in [4.69, 9.17) is 9.72 Å². The molecule has 3 aliphatic rings. The highest BCUT2D eigenvalue weighted by Gasteiger charge is 2.40. The van der Waals surface area contributed by atoms with E-state index in [1.807, 2.05) is 49.3 Å². The van der Waals surface area contributed by atoms with Gasteiger partial charge in [0.25, 0.3) is 0 Å². The standard InChI is InChI=1S/C48H52N8O5/c1-30(2)42(53-48(59)60)46(57)55-20-6-10-40(55)44-50-29-39(52-44)37-19-18-35-26-34(16-17-36(35)27-37)31-12-14-32(15-13-31)38-28-49-45(51-38)41-11-7-21-56(41)47(58)43(33-8-4-3-5-9-33)54-22-24-61-25-23-54/h3-5,8-9,12-19,26-30,40-43,53H,6-7,10-11,20-25H2,1-2H3,(H,49,51)(H,50,52)(H,59,60)/t40-,41-,42-,43?/m0/s1. The van der Waals surface area contributed by atoms with Crippen molar-refractivity contribution in [3.63, 3.8) is 0 Å². The third-order valence-corrected chi connectivity index (χ3v) is 12.5. The molecule has 61 heavy (non-hydrogen) atoms. The molecule has 2 aromatic heterocycles. The van der Waals surface area contributed by atoms with Crippen LogP contribution < -0.4 is 5.32 Å². The van der Waals surface area contributed by atoms with E-state index in [-0.39, 0.29) is 35.9 Å². The van der Waals surface area contributed by atoms with Crippen LogP contribution in [0.4, 0.5) is 4.79 Å². The summed E-state index contributed by atoms with van der Waals surface area (Å²) in [5, 5.41) is 13.9. The van der Waals surface area contributed by atoms with Crippen LogP contribution in [0.3, 0.4) is 0 Å². The Kier molecular flexibility index (Phi) is 11.4. The maximum Gasteiger partial charge on any atom is 0.405 e. The molecule has 9 rings (SSSR count). The number of nitrogens with one attached hydrogen (secondary N) is 3. The number of aromatic nitrogens is 4. The monoisotopic (exact) mass is 820 g/mol. The van der Waals surface area contributed by atoms with Gasteiger partial charge in [0.15, 0.2) is 0 Å². The minimum atomic E-state index is -1.20. The minimum absolute atomic E-state index is 0.109. The number of H-pyrrole nitrogens is 2. The maximum atomic E-state index is 14.3. The van der Waals surface area contributed by atoms with Gasteiger partial charge in [-0.3, -0.25) is 14.5 Å². The van der Waals surface area contributed by atoms with E-state index in [2.05, 4.69) is 98.0 Å². The summed E-state index contributed by atoms with van der Waals surface area (Å²) in [6.45, 7) is 7.65. The number of amides is 3. The first-order valence-electron chi connectivity index (χ1n) is 21.4. The summed E-state index contributed by atoms with van der Waals surface area (Å²) in [5.74, 6) is 1.24. The Bertz CT molecular complexity index is 2510. The van der Waals surface area contributed by atoms with Crippen LogP contribution in [0.25, 0.3) is 44.4 Å². The first kappa shape index (κ1) is 40.1.